The third-order valence-corrected chi connectivity index (χ3v) is 8.77. The summed E-state index contributed by atoms with van der Waals surface area (Å²) in [5.41, 5.74) is -9.03. The molecule has 0 amide bonds. The molecule has 0 aromatic rings. The summed E-state index contributed by atoms with van der Waals surface area (Å²) in [5.74, 6) is -3.07. The van der Waals surface area contributed by atoms with Crippen LogP contribution in [0.3, 0.4) is 0 Å². The molecule has 12 atom stereocenters. The molecular weight excluding hydrogens is 416 g/mol. The fourth-order valence-electron chi connectivity index (χ4n) is 8.03. The molecule has 3 saturated heterocycles. The van der Waals surface area contributed by atoms with Gasteiger partial charge in [-0.25, -0.2) is 4.79 Å². The van der Waals surface area contributed by atoms with Gasteiger partial charge < -0.3 is 44.5 Å². The lowest BCUT2D eigenvalue weighted by Crippen LogP contribution is -2.66. The van der Waals surface area contributed by atoms with Crippen molar-refractivity contribution in [3.63, 3.8) is 0 Å². The van der Waals surface area contributed by atoms with Crippen LogP contribution in [-0.4, -0.2) is 92.8 Å². The molecule has 0 bridgehead atoms. The number of ether oxygens (including phenoxy) is 4. The van der Waals surface area contributed by atoms with Gasteiger partial charge in [0.05, 0.1) is 29.6 Å². The number of fused-ring (bicyclic) bond motifs is 1. The van der Waals surface area contributed by atoms with Crippen molar-refractivity contribution in [2.45, 2.75) is 75.9 Å². The molecule has 7 unspecified atom stereocenters. The first-order chi connectivity index (χ1) is 14.4. The summed E-state index contributed by atoms with van der Waals surface area (Å²) in [4.78, 5) is 24.8. The van der Waals surface area contributed by atoms with Gasteiger partial charge in [-0.05, 0) is 5.41 Å². The van der Waals surface area contributed by atoms with Crippen LogP contribution in [0.4, 0.5) is 0 Å². The molecule has 2 saturated carbocycles. The summed E-state index contributed by atoms with van der Waals surface area (Å²) in [5, 5.41) is 56.0. The lowest BCUT2D eigenvalue weighted by Gasteiger charge is -2.48. The Balaban J connectivity index is 1.88. The highest BCUT2D eigenvalue weighted by molar-refractivity contribution is 5.89. The molecule has 3 heterocycles. The monoisotopic (exact) mass is 444 g/mol. The standard InChI is InChI=1S/C20H28O11/c1-7-13(25)29-12-10(24)18-11-8(23)9(16(2,3)4)17(18,5-21)15(28-6-22)31-20(18,14(26)30-11)19(7,12)27/h6-13,15,21,23-25,27H,5H2,1-4H3/t7-,8-,9+,10+,11?,12?,13?,15?,17?,18?,19-,20?/m1/s1. The van der Waals surface area contributed by atoms with E-state index in [2.05, 4.69) is 0 Å². The summed E-state index contributed by atoms with van der Waals surface area (Å²) in [7, 11) is 0. The fraction of sp³-hybridized carbons (Fsp3) is 0.900. The normalized spacial score (nSPS) is 59.3. The first-order valence-electron chi connectivity index (χ1n) is 10.4. The molecule has 2 aliphatic carbocycles. The van der Waals surface area contributed by atoms with Crippen LogP contribution in [0.1, 0.15) is 27.7 Å². The molecule has 174 valence electrons. The van der Waals surface area contributed by atoms with Gasteiger partial charge in [0.25, 0.3) is 6.47 Å². The minimum Gasteiger partial charge on any atom is -0.456 e. The molecule has 11 heteroatoms. The predicted molar refractivity (Wildman–Crippen MR) is 96.5 cm³/mol. The van der Waals surface area contributed by atoms with Crippen LogP contribution in [-0.2, 0) is 28.5 Å². The van der Waals surface area contributed by atoms with E-state index in [4.69, 9.17) is 18.9 Å². The Morgan fingerprint density at radius 3 is 2.39 bits per heavy atom. The summed E-state index contributed by atoms with van der Waals surface area (Å²) in [6.07, 6.45) is -9.04. The average molecular weight is 444 g/mol. The first-order valence-corrected chi connectivity index (χ1v) is 10.4. The Kier molecular flexibility index (Phi) is 4.00. The largest absolute Gasteiger partial charge is 0.456 e. The quantitative estimate of drug-likeness (QED) is 0.233. The number of aliphatic hydroxyl groups is 5. The van der Waals surface area contributed by atoms with Crippen LogP contribution in [0.25, 0.3) is 0 Å². The zero-order valence-electron chi connectivity index (χ0n) is 17.6. The number of carbonyl (C=O) groups excluding carboxylic acids is 2. The molecule has 5 rings (SSSR count). The van der Waals surface area contributed by atoms with Gasteiger partial charge in [0, 0.05) is 11.8 Å². The zero-order valence-corrected chi connectivity index (χ0v) is 17.6. The van der Waals surface area contributed by atoms with Crippen molar-refractivity contribution in [1.29, 1.82) is 0 Å². The first kappa shape index (κ1) is 21.5. The molecule has 0 aromatic heterocycles. The van der Waals surface area contributed by atoms with Crippen LogP contribution in [0, 0.1) is 28.1 Å². The molecule has 5 N–H and O–H groups in total. The molecular formula is C20H28O11. The van der Waals surface area contributed by atoms with Gasteiger partial charge in [-0.15, -0.1) is 0 Å². The van der Waals surface area contributed by atoms with E-state index in [1.165, 1.54) is 6.92 Å². The van der Waals surface area contributed by atoms with Crippen LogP contribution in [0.5, 0.6) is 0 Å². The molecule has 3 aliphatic heterocycles. The summed E-state index contributed by atoms with van der Waals surface area (Å²) < 4.78 is 22.3. The number of aliphatic hydroxyl groups excluding tert-OH is 4. The summed E-state index contributed by atoms with van der Waals surface area (Å²) in [6, 6.07) is 0. The molecule has 0 aromatic carbocycles. The van der Waals surface area contributed by atoms with Crippen LogP contribution in [0.2, 0.25) is 0 Å². The number of hydrogen-bond donors (Lipinski definition) is 5. The lowest BCUT2D eigenvalue weighted by atomic mass is 9.52. The maximum absolute atomic E-state index is 13.4. The van der Waals surface area contributed by atoms with Crippen molar-refractivity contribution < 1.29 is 54.1 Å². The molecule has 5 fully saturated rings. The van der Waals surface area contributed by atoms with E-state index < -0.39 is 88.9 Å². The molecule has 1 spiro atoms. The minimum absolute atomic E-state index is 0.0915. The van der Waals surface area contributed by atoms with Crippen molar-refractivity contribution in [2.24, 2.45) is 28.1 Å². The Labute approximate surface area is 177 Å². The predicted octanol–water partition coefficient (Wildman–Crippen LogP) is -2.36. The van der Waals surface area contributed by atoms with E-state index in [0.29, 0.717) is 0 Å². The lowest BCUT2D eigenvalue weighted by molar-refractivity contribution is -0.252. The highest BCUT2D eigenvalue weighted by atomic mass is 16.7. The second kappa shape index (κ2) is 5.77. The summed E-state index contributed by atoms with van der Waals surface area (Å²) >= 11 is 0. The fourth-order valence-corrected chi connectivity index (χ4v) is 8.03. The van der Waals surface area contributed by atoms with Crippen LogP contribution in [0.15, 0.2) is 0 Å². The SMILES string of the molecule is C[C@@H]1C(O)OC2[C@H](O)C34C5OC(=O)C3(OC(OC=O)C4(CO)[C@H](C(C)(C)C)[C@H]5O)[C@]21O. The third-order valence-electron chi connectivity index (χ3n) is 8.77. The number of carbonyl (C=O) groups is 2. The Bertz CT molecular complexity index is 841. The second-order valence-electron chi connectivity index (χ2n) is 10.6. The topological polar surface area (TPSA) is 172 Å². The van der Waals surface area contributed by atoms with Gasteiger partial charge in [0.1, 0.15) is 17.8 Å². The third kappa shape index (κ3) is 1.73. The highest BCUT2D eigenvalue weighted by Crippen LogP contribution is 2.82. The van der Waals surface area contributed by atoms with Gasteiger partial charge >= 0.3 is 5.97 Å². The van der Waals surface area contributed by atoms with Gasteiger partial charge in [0.15, 0.2) is 6.29 Å². The van der Waals surface area contributed by atoms with Gasteiger partial charge in [0.2, 0.25) is 11.9 Å². The molecule has 5 aliphatic rings. The van der Waals surface area contributed by atoms with Gasteiger partial charge in [-0.1, -0.05) is 27.7 Å². The number of rotatable bonds is 3. The van der Waals surface area contributed by atoms with Gasteiger partial charge in [-0.2, -0.15) is 0 Å². The highest BCUT2D eigenvalue weighted by Gasteiger charge is 3.02. The smallest absolute Gasteiger partial charge is 0.343 e. The number of esters is 1. The maximum atomic E-state index is 13.4. The van der Waals surface area contributed by atoms with Gasteiger partial charge in [-0.3, -0.25) is 4.79 Å². The minimum atomic E-state index is -2.36. The molecule has 11 nitrogen and oxygen atoms in total. The van der Waals surface area contributed by atoms with E-state index in [1.807, 2.05) is 0 Å². The second-order valence-corrected chi connectivity index (χ2v) is 10.6. The van der Waals surface area contributed by atoms with Crippen molar-refractivity contribution >= 4 is 12.4 Å². The van der Waals surface area contributed by atoms with E-state index in [0.717, 1.165) is 0 Å². The molecule has 31 heavy (non-hydrogen) atoms. The summed E-state index contributed by atoms with van der Waals surface area (Å²) in [6.45, 7) is 6.13. The Morgan fingerprint density at radius 1 is 1.19 bits per heavy atom. The van der Waals surface area contributed by atoms with Crippen LogP contribution < -0.4 is 0 Å². The van der Waals surface area contributed by atoms with Crippen molar-refractivity contribution in [3.8, 4) is 0 Å². The van der Waals surface area contributed by atoms with E-state index in [9.17, 15) is 35.1 Å². The van der Waals surface area contributed by atoms with E-state index in [-0.39, 0.29) is 6.47 Å². The Morgan fingerprint density at radius 2 is 1.84 bits per heavy atom. The Hall–Kier alpha value is -1.34. The van der Waals surface area contributed by atoms with E-state index in [1.54, 1.807) is 20.8 Å². The maximum Gasteiger partial charge on any atom is 0.343 e. The van der Waals surface area contributed by atoms with Crippen molar-refractivity contribution in [1.82, 2.24) is 0 Å². The van der Waals surface area contributed by atoms with Crippen molar-refractivity contribution in [3.05, 3.63) is 0 Å². The van der Waals surface area contributed by atoms with Crippen LogP contribution >= 0.6 is 0 Å². The average Bonchev–Trinajstić information content (AvgIpc) is 3.31. The van der Waals surface area contributed by atoms with Crippen molar-refractivity contribution in [2.75, 3.05) is 6.61 Å². The number of hydrogen-bond acceptors (Lipinski definition) is 11. The molecule has 0 radical (unpaired) electrons. The van der Waals surface area contributed by atoms with E-state index >= 15 is 0 Å². The zero-order chi connectivity index (χ0) is 22.9.